The third-order valence-electron chi connectivity index (χ3n) is 3.04. The molecule has 2 nitrogen and oxygen atoms in total. The van der Waals surface area contributed by atoms with E-state index in [2.05, 4.69) is 28.6 Å². The summed E-state index contributed by atoms with van der Waals surface area (Å²) in [6.07, 6.45) is 5.46. The first-order valence-electron chi connectivity index (χ1n) is 5.52. The van der Waals surface area contributed by atoms with Crippen LogP contribution in [0.1, 0.15) is 12.0 Å². The van der Waals surface area contributed by atoms with Gasteiger partial charge in [0.1, 0.15) is 0 Å². The number of fused-ring (bicyclic) bond motifs is 1. The number of nitrogens with one attached hydrogen (secondary N) is 2. The number of aromatic nitrogens is 1. The summed E-state index contributed by atoms with van der Waals surface area (Å²) in [4.78, 5) is 3.25. The summed E-state index contributed by atoms with van der Waals surface area (Å²) in [6.45, 7) is 2.02. The largest absolute Gasteiger partial charge is 0.359 e. The van der Waals surface area contributed by atoms with E-state index in [4.69, 9.17) is 11.6 Å². The molecule has 0 aliphatic carbocycles. The van der Waals surface area contributed by atoms with Crippen molar-refractivity contribution in [2.24, 2.45) is 0 Å². The number of rotatable bonds is 1. The van der Waals surface area contributed by atoms with Crippen molar-refractivity contribution in [1.29, 1.82) is 0 Å². The lowest BCUT2D eigenvalue weighted by Gasteiger charge is -2.13. The Morgan fingerprint density at radius 3 is 3.00 bits per heavy atom. The SMILES string of the molecule is Clc1cccc2c(C3=CCCNC3)c[nH]c12. The van der Waals surface area contributed by atoms with Gasteiger partial charge in [-0.2, -0.15) is 0 Å². The van der Waals surface area contributed by atoms with Gasteiger partial charge < -0.3 is 10.3 Å². The Kier molecular flexibility index (Phi) is 2.46. The van der Waals surface area contributed by atoms with E-state index < -0.39 is 0 Å². The number of aromatic amines is 1. The Morgan fingerprint density at radius 1 is 1.25 bits per heavy atom. The first-order chi connectivity index (χ1) is 7.86. The highest BCUT2D eigenvalue weighted by Gasteiger charge is 2.11. The van der Waals surface area contributed by atoms with Gasteiger partial charge in [-0.25, -0.2) is 0 Å². The molecule has 0 amide bonds. The van der Waals surface area contributed by atoms with Crippen molar-refractivity contribution in [3.63, 3.8) is 0 Å². The second-order valence-electron chi connectivity index (χ2n) is 4.06. The number of para-hydroxylation sites is 1. The Hall–Kier alpha value is -1.25. The molecule has 82 valence electrons. The Morgan fingerprint density at radius 2 is 2.19 bits per heavy atom. The molecule has 0 fully saturated rings. The zero-order valence-electron chi connectivity index (χ0n) is 8.89. The van der Waals surface area contributed by atoms with Crippen molar-refractivity contribution in [2.45, 2.75) is 6.42 Å². The Bertz CT molecular complexity index is 554. The van der Waals surface area contributed by atoms with Crippen molar-refractivity contribution in [3.05, 3.63) is 41.1 Å². The fourth-order valence-corrected chi connectivity index (χ4v) is 2.46. The zero-order chi connectivity index (χ0) is 11.0. The van der Waals surface area contributed by atoms with Gasteiger partial charge in [-0.05, 0) is 24.6 Å². The third-order valence-corrected chi connectivity index (χ3v) is 3.35. The molecule has 0 atom stereocenters. The summed E-state index contributed by atoms with van der Waals surface area (Å²) >= 11 is 6.14. The number of hydrogen-bond donors (Lipinski definition) is 2. The fourth-order valence-electron chi connectivity index (χ4n) is 2.23. The van der Waals surface area contributed by atoms with Gasteiger partial charge >= 0.3 is 0 Å². The van der Waals surface area contributed by atoms with E-state index in [1.54, 1.807) is 0 Å². The molecule has 16 heavy (non-hydrogen) atoms. The maximum atomic E-state index is 6.14. The van der Waals surface area contributed by atoms with Crippen LogP contribution >= 0.6 is 11.6 Å². The Labute approximate surface area is 99.3 Å². The predicted octanol–water partition coefficient (Wildman–Crippen LogP) is 3.20. The molecule has 3 heteroatoms. The summed E-state index contributed by atoms with van der Waals surface area (Å²) in [5.41, 5.74) is 3.66. The molecule has 1 aliphatic heterocycles. The summed E-state index contributed by atoms with van der Waals surface area (Å²) in [5, 5.41) is 5.38. The van der Waals surface area contributed by atoms with Crippen LogP contribution in [-0.2, 0) is 0 Å². The molecule has 1 aromatic heterocycles. The lowest BCUT2D eigenvalue weighted by molar-refractivity contribution is 0.739. The van der Waals surface area contributed by atoms with Gasteiger partial charge in [-0.15, -0.1) is 0 Å². The zero-order valence-corrected chi connectivity index (χ0v) is 9.64. The van der Waals surface area contributed by atoms with Gasteiger partial charge in [-0.3, -0.25) is 0 Å². The second-order valence-corrected chi connectivity index (χ2v) is 4.47. The van der Waals surface area contributed by atoms with E-state index in [0.717, 1.165) is 30.0 Å². The molecule has 2 heterocycles. The molecule has 0 unspecified atom stereocenters. The van der Waals surface area contributed by atoms with Crippen LogP contribution in [0.3, 0.4) is 0 Å². The molecule has 0 spiro atoms. The molecule has 1 aliphatic rings. The van der Waals surface area contributed by atoms with E-state index >= 15 is 0 Å². The minimum Gasteiger partial charge on any atom is -0.359 e. The minimum atomic E-state index is 0.785. The lowest BCUT2D eigenvalue weighted by Crippen LogP contribution is -2.21. The molecular formula is C13H13ClN2. The maximum Gasteiger partial charge on any atom is 0.0649 e. The summed E-state index contributed by atoms with van der Waals surface area (Å²) in [7, 11) is 0. The number of halogens is 1. The standard InChI is InChI=1S/C13H13ClN2/c14-12-5-1-4-10-11(8-16-13(10)12)9-3-2-6-15-7-9/h1,3-5,8,15-16H,2,6-7H2. The molecule has 2 aromatic rings. The normalized spacial score (nSPS) is 16.4. The molecule has 1 aromatic carbocycles. The topological polar surface area (TPSA) is 27.8 Å². The molecule has 2 N–H and O–H groups in total. The van der Waals surface area contributed by atoms with Crippen molar-refractivity contribution in [1.82, 2.24) is 10.3 Å². The quantitative estimate of drug-likeness (QED) is 0.777. The summed E-state index contributed by atoms with van der Waals surface area (Å²) in [5.74, 6) is 0. The van der Waals surface area contributed by atoms with Crippen molar-refractivity contribution in [3.8, 4) is 0 Å². The van der Waals surface area contributed by atoms with E-state index in [-0.39, 0.29) is 0 Å². The van der Waals surface area contributed by atoms with Crippen LogP contribution in [0.5, 0.6) is 0 Å². The molecule has 0 saturated carbocycles. The van der Waals surface area contributed by atoms with Gasteiger partial charge in [0, 0.05) is 23.7 Å². The van der Waals surface area contributed by atoms with Crippen LogP contribution in [-0.4, -0.2) is 18.1 Å². The highest BCUT2D eigenvalue weighted by molar-refractivity contribution is 6.35. The monoisotopic (exact) mass is 232 g/mol. The first-order valence-corrected chi connectivity index (χ1v) is 5.90. The molecule has 0 saturated heterocycles. The van der Waals surface area contributed by atoms with Gasteiger partial charge in [0.15, 0.2) is 0 Å². The van der Waals surface area contributed by atoms with E-state index in [1.807, 2.05) is 12.1 Å². The second kappa shape index (κ2) is 3.96. The van der Waals surface area contributed by atoms with Crippen LogP contribution < -0.4 is 5.32 Å². The first kappa shape index (κ1) is 9.94. The molecule has 3 rings (SSSR count). The predicted molar refractivity (Wildman–Crippen MR) is 68.8 cm³/mol. The minimum absolute atomic E-state index is 0.785. The van der Waals surface area contributed by atoms with Crippen molar-refractivity contribution in [2.75, 3.05) is 13.1 Å². The highest BCUT2D eigenvalue weighted by Crippen LogP contribution is 2.29. The van der Waals surface area contributed by atoms with Crippen LogP contribution in [0, 0.1) is 0 Å². The number of hydrogen-bond acceptors (Lipinski definition) is 1. The summed E-state index contributed by atoms with van der Waals surface area (Å²) < 4.78 is 0. The van der Waals surface area contributed by atoms with Gasteiger partial charge in [0.25, 0.3) is 0 Å². The van der Waals surface area contributed by atoms with Gasteiger partial charge in [-0.1, -0.05) is 29.8 Å². The lowest BCUT2D eigenvalue weighted by atomic mass is 10.0. The van der Waals surface area contributed by atoms with E-state index in [1.165, 1.54) is 16.5 Å². The van der Waals surface area contributed by atoms with Crippen LogP contribution in [0.15, 0.2) is 30.5 Å². The van der Waals surface area contributed by atoms with Crippen molar-refractivity contribution >= 4 is 28.1 Å². The molecule has 0 radical (unpaired) electrons. The number of H-pyrrole nitrogens is 1. The van der Waals surface area contributed by atoms with Crippen molar-refractivity contribution < 1.29 is 0 Å². The number of benzene rings is 1. The van der Waals surface area contributed by atoms with Crippen LogP contribution in [0.2, 0.25) is 5.02 Å². The third kappa shape index (κ3) is 1.55. The van der Waals surface area contributed by atoms with Crippen LogP contribution in [0.4, 0.5) is 0 Å². The fraction of sp³-hybridized carbons (Fsp3) is 0.231. The summed E-state index contributed by atoms with van der Waals surface area (Å²) in [6, 6.07) is 6.03. The van der Waals surface area contributed by atoms with Gasteiger partial charge in [0.05, 0.1) is 10.5 Å². The highest BCUT2D eigenvalue weighted by atomic mass is 35.5. The molecular weight excluding hydrogens is 220 g/mol. The smallest absolute Gasteiger partial charge is 0.0649 e. The van der Waals surface area contributed by atoms with Crippen LogP contribution in [0.25, 0.3) is 16.5 Å². The molecule has 0 bridgehead atoms. The Balaban J connectivity index is 2.17. The maximum absolute atomic E-state index is 6.14. The van der Waals surface area contributed by atoms with Gasteiger partial charge in [0.2, 0.25) is 0 Å². The average molecular weight is 233 g/mol. The van der Waals surface area contributed by atoms with E-state index in [0.29, 0.717) is 0 Å². The van der Waals surface area contributed by atoms with E-state index in [9.17, 15) is 0 Å². The average Bonchev–Trinajstić information content (AvgIpc) is 2.75.